The quantitative estimate of drug-likeness (QED) is 0.556. The Balaban J connectivity index is 2.33. The van der Waals surface area contributed by atoms with E-state index in [1.165, 1.54) is 0 Å². The normalized spacial score (nSPS) is 10.6. The van der Waals surface area contributed by atoms with E-state index in [1.807, 2.05) is 50.2 Å². The number of hydrogen-bond acceptors (Lipinski definition) is 3. The smallest absolute Gasteiger partial charge is 0.126 e. The number of nitrogens with zero attached hydrogens (tertiary/aromatic N) is 1. The van der Waals surface area contributed by atoms with Crippen molar-refractivity contribution >= 4 is 15.9 Å². The molecule has 128 valence electrons. The summed E-state index contributed by atoms with van der Waals surface area (Å²) in [5.41, 5.74) is 5.99. The van der Waals surface area contributed by atoms with Crippen LogP contribution >= 0.6 is 15.9 Å². The van der Waals surface area contributed by atoms with E-state index in [2.05, 4.69) is 28.1 Å². The summed E-state index contributed by atoms with van der Waals surface area (Å²) in [7, 11) is 3.37. The number of rotatable bonds is 4. The molecule has 0 amide bonds. The standard InChI is InChI=1S/C21H20BrNO2/c1-13-19(15-9-5-7-11-17(15)24-3)21(22)20(14(2)23-13)16-10-6-8-12-18(16)25-4/h5-12H,1-4H3. The molecule has 0 unspecified atom stereocenters. The maximum atomic E-state index is 5.56. The number of benzene rings is 2. The van der Waals surface area contributed by atoms with E-state index in [0.717, 1.165) is 49.6 Å². The van der Waals surface area contributed by atoms with Crippen LogP contribution in [0.25, 0.3) is 22.3 Å². The molecule has 0 atom stereocenters. The zero-order valence-electron chi connectivity index (χ0n) is 14.8. The molecule has 0 fully saturated rings. The number of ether oxygens (including phenoxy) is 2. The van der Waals surface area contributed by atoms with Crippen molar-refractivity contribution in [3.05, 3.63) is 64.4 Å². The molecule has 1 heterocycles. The monoisotopic (exact) mass is 397 g/mol. The number of hydrogen-bond donors (Lipinski definition) is 0. The first-order valence-electron chi connectivity index (χ1n) is 8.02. The van der Waals surface area contributed by atoms with Gasteiger partial charge in [0.15, 0.2) is 0 Å². The highest BCUT2D eigenvalue weighted by Gasteiger charge is 2.20. The van der Waals surface area contributed by atoms with Crippen LogP contribution in [-0.4, -0.2) is 19.2 Å². The molecule has 0 aliphatic carbocycles. The van der Waals surface area contributed by atoms with E-state index >= 15 is 0 Å². The van der Waals surface area contributed by atoms with Crippen LogP contribution in [0, 0.1) is 13.8 Å². The second kappa shape index (κ2) is 7.28. The second-order valence-electron chi connectivity index (χ2n) is 5.75. The van der Waals surface area contributed by atoms with Crippen molar-refractivity contribution in [2.75, 3.05) is 14.2 Å². The largest absolute Gasteiger partial charge is 0.496 e. The molecule has 3 nitrogen and oxygen atoms in total. The third kappa shape index (κ3) is 3.14. The molecule has 0 aliphatic rings. The summed E-state index contributed by atoms with van der Waals surface area (Å²) in [4.78, 5) is 4.80. The van der Waals surface area contributed by atoms with Gasteiger partial charge in [-0.3, -0.25) is 4.98 Å². The first-order chi connectivity index (χ1) is 12.1. The van der Waals surface area contributed by atoms with Crippen LogP contribution in [0.5, 0.6) is 11.5 Å². The molecule has 0 aliphatic heterocycles. The fourth-order valence-electron chi connectivity index (χ4n) is 3.13. The number of pyridine rings is 1. The number of aromatic nitrogens is 1. The topological polar surface area (TPSA) is 31.4 Å². The summed E-state index contributed by atoms with van der Waals surface area (Å²) in [5.74, 6) is 1.64. The molecule has 4 heteroatoms. The Morgan fingerprint density at radius 3 is 1.52 bits per heavy atom. The lowest BCUT2D eigenvalue weighted by molar-refractivity contribution is 0.416. The molecule has 3 rings (SSSR count). The maximum absolute atomic E-state index is 5.56. The summed E-state index contributed by atoms with van der Waals surface area (Å²) in [6, 6.07) is 16.0. The van der Waals surface area contributed by atoms with E-state index in [-0.39, 0.29) is 0 Å². The molecule has 0 radical (unpaired) electrons. The Morgan fingerprint density at radius 1 is 0.720 bits per heavy atom. The number of aryl methyl sites for hydroxylation is 2. The van der Waals surface area contributed by atoms with Crippen LogP contribution in [0.3, 0.4) is 0 Å². The predicted octanol–water partition coefficient (Wildman–Crippen LogP) is 5.81. The summed E-state index contributed by atoms with van der Waals surface area (Å²) >= 11 is 3.83. The summed E-state index contributed by atoms with van der Waals surface area (Å²) < 4.78 is 12.1. The van der Waals surface area contributed by atoms with Crippen molar-refractivity contribution < 1.29 is 9.47 Å². The molecule has 3 aromatic rings. The highest BCUT2D eigenvalue weighted by Crippen LogP contribution is 2.44. The SMILES string of the molecule is COc1ccccc1-c1c(C)nc(C)c(-c2ccccc2OC)c1Br. The molecule has 0 N–H and O–H groups in total. The number of methoxy groups -OCH3 is 2. The molecule has 0 bridgehead atoms. The Morgan fingerprint density at radius 2 is 1.12 bits per heavy atom. The molecule has 25 heavy (non-hydrogen) atoms. The zero-order valence-corrected chi connectivity index (χ0v) is 16.3. The van der Waals surface area contributed by atoms with E-state index in [0.29, 0.717) is 0 Å². The van der Waals surface area contributed by atoms with Crippen LogP contribution in [-0.2, 0) is 0 Å². The average Bonchev–Trinajstić information content (AvgIpc) is 2.62. The van der Waals surface area contributed by atoms with Crippen LogP contribution < -0.4 is 9.47 Å². The molecule has 0 spiro atoms. The van der Waals surface area contributed by atoms with Crippen LogP contribution in [0.2, 0.25) is 0 Å². The van der Waals surface area contributed by atoms with E-state index in [4.69, 9.17) is 14.5 Å². The maximum Gasteiger partial charge on any atom is 0.126 e. The van der Waals surface area contributed by atoms with Gasteiger partial charge in [-0.25, -0.2) is 0 Å². The molecule has 0 saturated carbocycles. The average molecular weight is 398 g/mol. The van der Waals surface area contributed by atoms with Gasteiger partial charge < -0.3 is 9.47 Å². The Bertz CT molecular complexity index is 850. The van der Waals surface area contributed by atoms with Crippen LogP contribution in [0.15, 0.2) is 53.0 Å². The lowest BCUT2D eigenvalue weighted by atomic mass is 9.96. The van der Waals surface area contributed by atoms with Crippen molar-refractivity contribution in [2.45, 2.75) is 13.8 Å². The van der Waals surface area contributed by atoms with Crippen molar-refractivity contribution in [1.29, 1.82) is 0 Å². The summed E-state index contributed by atoms with van der Waals surface area (Å²) in [6.45, 7) is 4.04. The fourth-order valence-corrected chi connectivity index (χ4v) is 4.14. The van der Waals surface area contributed by atoms with Gasteiger partial charge in [0.1, 0.15) is 11.5 Å². The summed E-state index contributed by atoms with van der Waals surface area (Å²) in [6.07, 6.45) is 0. The minimum Gasteiger partial charge on any atom is -0.496 e. The van der Waals surface area contributed by atoms with Gasteiger partial charge in [-0.15, -0.1) is 0 Å². The first-order valence-corrected chi connectivity index (χ1v) is 8.81. The van der Waals surface area contributed by atoms with Crippen LogP contribution in [0.4, 0.5) is 0 Å². The highest BCUT2D eigenvalue weighted by molar-refractivity contribution is 9.10. The lowest BCUT2D eigenvalue weighted by Crippen LogP contribution is -2.00. The Kier molecular flexibility index (Phi) is 5.09. The van der Waals surface area contributed by atoms with Gasteiger partial charge in [-0.1, -0.05) is 36.4 Å². The van der Waals surface area contributed by atoms with Crippen molar-refractivity contribution in [3.8, 4) is 33.8 Å². The van der Waals surface area contributed by atoms with E-state index in [9.17, 15) is 0 Å². The van der Waals surface area contributed by atoms with E-state index in [1.54, 1.807) is 14.2 Å². The van der Waals surface area contributed by atoms with Crippen molar-refractivity contribution in [3.63, 3.8) is 0 Å². The van der Waals surface area contributed by atoms with Gasteiger partial charge in [0.2, 0.25) is 0 Å². The second-order valence-corrected chi connectivity index (χ2v) is 6.54. The van der Waals surface area contributed by atoms with Crippen molar-refractivity contribution in [2.24, 2.45) is 0 Å². The number of para-hydroxylation sites is 2. The third-order valence-electron chi connectivity index (χ3n) is 4.25. The van der Waals surface area contributed by atoms with Crippen LogP contribution in [0.1, 0.15) is 11.4 Å². The first kappa shape index (κ1) is 17.5. The van der Waals surface area contributed by atoms with Gasteiger partial charge in [-0.2, -0.15) is 0 Å². The van der Waals surface area contributed by atoms with E-state index < -0.39 is 0 Å². The predicted molar refractivity (Wildman–Crippen MR) is 105 cm³/mol. The van der Waals surface area contributed by atoms with Gasteiger partial charge in [0.25, 0.3) is 0 Å². The third-order valence-corrected chi connectivity index (χ3v) is 5.04. The van der Waals surface area contributed by atoms with Gasteiger partial charge >= 0.3 is 0 Å². The minimum absolute atomic E-state index is 0.822. The highest BCUT2D eigenvalue weighted by atomic mass is 79.9. The van der Waals surface area contributed by atoms with Gasteiger partial charge in [0.05, 0.1) is 14.2 Å². The number of halogens is 1. The molecule has 0 saturated heterocycles. The lowest BCUT2D eigenvalue weighted by Gasteiger charge is -2.18. The molecule has 1 aromatic heterocycles. The zero-order chi connectivity index (χ0) is 18.0. The molecular weight excluding hydrogens is 378 g/mol. The van der Waals surface area contributed by atoms with Gasteiger partial charge in [0, 0.05) is 38.1 Å². The van der Waals surface area contributed by atoms with Crippen molar-refractivity contribution in [1.82, 2.24) is 4.98 Å². The fraction of sp³-hybridized carbons (Fsp3) is 0.190. The summed E-state index contributed by atoms with van der Waals surface area (Å²) in [5, 5.41) is 0. The Hall–Kier alpha value is -2.33. The van der Waals surface area contributed by atoms with Gasteiger partial charge in [-0.05, 0) is 41.9 Å². The molecular formula is C21H20BrNO2. The Labute approximate surface area is 156 Å². The minimum atomic E-state index is 0.822. The molecule has 2 aromatic carbocycles.